The van der Waals surface area contributed by atoms with Gasteiger partial charge in [0.2, 0.25) is 21.8 Å². The van der Waals surface area contributed by atoms with E-state index in [4.69, 9.17) is 23.2 Å². The molecule has 1 atom stereocenters. The van der Waals surface area contributed by atoms with Gasteiger partial charge in [-0.3, -0.25) is 13.9 Å². The van der Waals surface area contributed by atoms with Gasteiger partial charge in [-0.2, -0.15) is 0 Å². The van der Waals surface area contributed by atoms with Crippen LogP contribution in [0.1, 0.15) is 37.3 Å². The van der Waals surface area contributed by atoms with Crippen LogP contribution in [0.15, 0.2) is 72.8 Å². The minimum Gasteiger partial charge on any atom is -0.354 e. The Morgan fingerprint density at radius 3 is 2.27 bits per heavy atom. The van der Waals surface area contributed by atoms with Crippen LogP contribution in [-0.2, 0) is 32.6 Å². The lowest BCUT2D eigenvalue weighted by molar-refractivity contribution is -0.141. The van der Waals surface area contributed by atoms with Crippen LogP contribution < -0.4 is 9.62 Å². The zero-order valence-electron chi connectivity index (χ0n) is 23.0. The van der Waals surface area contributed by atoms with Gasteiger partial charge in [0.1, 0.15) is 11.9 Å². The highest BCUT2D eigenvalue weighted by molar-refractivity contribution is 7.92. The fourth-order valence-electron chi connectivity index (χ4n) is 4.39. The van der Waals surface area contributed by atoms with Crippen LogP contribution in [0.3, 0.4) is 0 Å². The number of hydrogen-bond acceptors (Lipinski definition) is 4. The molecule has 3 rings (SSSR count). The van der Waals surface area contributed by atoms with Gasteiger partial charge in [-0.25, -0.2) is 12.8 Å². The molecule has 0 aromatic heterocycles. The van der Waals surface area contributed by atoms with Gasteiger partial charge in [-0.15, -0.1) is 0 Å². The van der Waals surface area contributed by atoms with Crippen molar-refractivity contribution in [3.8, 4) is 0 Å². The van der Waals surface area contributed by atoms with E-state index in [9.17, 15) is 22.4 Å². The van der Waals surface area contributed by atoms with Crippen LogP contribution in [-0.4, -0.2) is 50.5 Å². The maximum Gasteiger partial charge on any atom is 0.243 e. The zero-order chi connectivity index (χ0) is 30.0. The Hall–Kier alpha value is -3.14. The van der Waals surface area contributed by atoms with Crippen molar-refractivity contribution in [2.75, 3.05) is 23.7 Å². The lowest BCUT2D eigenvalue weighted by Gasteiger charge is -2.32. The molecule has 41 heavy (non-hydrogen) atoms. The minimum absolute atomic E-state index is 0.0753. The summed E-state index contributed by atoms with van der Waals surface area (Å²) in [6.07, 6.45) is 2.02. The van der Waals surface area contributed by atoms with E-state index >= 15 is 0 Å². The van der Waals surface area contributed by atoms with Gasteiger partial charge in [0.05, 0.1) is 22.0 Å². The first-order valence-corrected chi connectivity index (χ1v) is 15.9. The summed E-state index contributed by atoms with van der Waals surface area (Å²) in [6, 6.07) is 19.1. The number of sulfonamides is 1. The quantitative estimate of drug-likeness (QED) is 0.245. The molecule has 0 fully saturated rings. The number of hydrogen-bond donors (Lipinski definition) is 1. The third-order valence-corrected chi connectivity index (χ3v) is 8.35. The van der Waals surface area contributed by atoms with E-state index in [-0.39, 0.29) is 49.9 Å². The van der Waals surface area contributed by atoms with Crippen LogP contribution in [0.25, 0.3) is 0 Å². The summed E-state index contributed by atoms with van der Waals surface area (Å²) >= 11 is 12.3. The molecule has 0 bridgehead atoms. The third kappa shape index (κ3) is 9.45. The molecule has 0 saturated carbocycles. The molecule has 0 unspecified atom stereocenters. The lowest BCUT2D eigenvalue weighted by atomic mass is 10.0. The van der Waals surface area contributed by atoms with Crippen molar-refractivity contribution in [1.29, 1.82) is 0 Å². The number of rotatable bonds is 14. The van der Waals surface area contributed by atoms with Crippen molar-refractivity contribution in [3.05, 3.63) is 99.8 Å². The van der Waals surface area contributed by atoms with Crippen molar-refractivity contribution in [1.82, 2.24) is 10.2 Å². The van der Waals surface area contributed by atoms with Crippen LogP contribution in [0.2, 0.25) is 10.0 Å². The standard InChI is InChI=1S/C30H34Cl2FN3O4S/c1-3-17-34-30(38)28(20-22-10-5-4-6-11-22)35(21-23-15-16-24(31)25(32)19-23)29(37)14-9-18-36(41(2,39)40)27-13-8-7-12-26(27)33/h4-8,10-13,15-16,19,28H,3,9,14,17-18,20-21H2,1-2H3,(H,34,38)/t28-/m1/s1. The Morgan fingerprint density at radius 2 is 1.63 bits per heavy atom. The van der Waals surface area contributed by atoms with E-state index in [2.05, 4.69) is 5.32 Å². The van der Waals surface area contributed by atoms with Gasteiger partial charge >= 0.3 is 0 Å². The largest absolute Gasteiger partial charge is 0.354 e. The Balaban J connectivity index is 1.90. The highest BCUT2D eigenvalue weighted by Gasteiger charge is 2.30. The SMILES string of the molecule is CCCNC(=O)[C@@H](Cc1ccccc1)N(Cc1ccc(Cl)c(Cl)c1)C(=O)CCCN(c1ccccc1F)S(C)(=O)=O. The minimum atomic E-state index is -3.82. The van der Waals surface area contributed by atoms with E-state index in [1.807, 2.05) is 37.3 Å². The number of benzene rings is 3. The molecule has 3 aromatic carbocycles. The number of para-hydroxylation sites is 1. The molecule has 220 valence electrons. The van der Waals surface area contributed by atoms with Crippen LogP contribution in [0, 0.1) is 5.82 Å². The molecule has 0 heterocycles. The van der Waals surface area contributed by atoms with E-state index < -0.39 is 21.9 Å². The molecule has 11 heteroatoms. The fourth-order valence-corrected chi connectivity index (χ4v) is 5.68. The first-order valence-electron chi connectivity index (χ1n) is 13.3. The molecule has 0 radical (unpaired) electrons. The van der Waals surface area contributed by atoms with Crippen molar-refractivity contribution in [2.24, 2.45) is 0 Å². The molecule has 1 N–H and O–H groups in total. The number of nitrogens with zero attached hydrogens (tertiary/aromatic N) is 2. The number of amides is 2. The molecule has 0 aliphatic heterocycles. The Labute approximate surface area is 251 Å². The lowest BCUT2D eigenvalue weighted by Crippen LogP contribution is -2.50. The number of carbonyl (C=O) groups is 2. The summed E-state index contributed by atoms with van der Waals surface area (Å²) in [5.41, 5.74) is 1.47. The third-order valence-electron chi connectivity index (χ3n) is 6.43. The van der Waals surface area contributed by atoms with Crippen molar-refractivity contribution in [3.63, 3.8) is 0 Å². The van der Waals surface area contributed by atoms with Gasteiger partial charge < -0.3 is 10.2 Å². The predicted octanol–water partition coefficient (Wildman–Crippen LogP) is 5.85. The summed E-state index contributed by atoms with van der Waals surface area (Å²) in [7, 11) is -3.82. The van der Waals surface area contributed by atoms with E-state index in [1.165, 1.54) is 23.1 Å². The number of nitrogens with one attached hydrogen (secondary N) is 1. The van der Waals surface area contributed by atoms with Crippen molar-refractivity contribution >= 4 is 50.7 Å². The van der Waals surface area contributed by atoms with Crippen molar-refractivity contribution < 1.29 is 22.4 Å². The van der Waals surface area contributed by atoms with E-state index in [0.29, 0.717) is 22.2 Å². The molecule has 0 spiro atoms. The zero-order valence-corrected chi connectivity index (χ0v) is 25.4. The van der Waals surface area contributed by atoms with Crippen LogP contribution in [0.5, 0.6) is 0 Å². The van der Waals surface area contributed by atoms with Crippen LogP contribution in [0.4, 0.5) is 10.1 Å². The predicted molar refractivity (Wildman–Crippen MR) is 162 cm³/mol. The summed E-state index contributed by atoms with van der Waals surface area (Å²) in [5, 5.41) is 3.59. The molecule has 3 aromatic rings. The summed E-state index contributed by atoms with van der Waals surface area (Å²) in [6.45, 7) is 2.35. The molecule has 7 nitrogen and oxygen atoms in total. The first kappa shape index (κ1) is 32.4. The van der Waals surface area contributed by atoms with Gasteiger partial charge in [-0.05, 0) is 48.2 Å². The summed E-state index contributed by atoms with van der Waals surface area (Å²) in [4.78, 5) is 28.7. The second kappa shape index (κ2) is 15.2. The summed E-state index contributed by atoms with van der Waals surface area (Å²) < 4.78 is 40.4. The molecule has 0 aliphatic carbocycles. The van der Waals surface area contributed by atoms with Gasteiger partial charge in [-0.1, -0.05) is 78.7 Å². The average Bonchev–Trinajstić information content (AvgIpc) is 2.94. The first-order chi connectivity index (χ1) is 19.5. The van der Waals surface area contributed by atoms with E-state index in [0.717, 1.165) is 22.5 Å². The van der Waals surface area contributed by atoms with Gasteiger partial charge in [0.15, 0.2) is 0 Å². The number of halogens is 3. The smallest absolute Gasteiger partial charge is 0.243 e. The van der Waals surface area contributed by atoms with Gasteiger partial charge in [0.25, 0.3) is 0 Å². The molecule has 0 saturated heterocycles. The number of carbonyl (C=O) groups excluding carboxylic acids is 2. The van der Waals surface area contributed by atoms with Gasteiger partial charge in [0, 0.05) is 32.5 Å². The van der Waals surface area contributed by atoms with Crippen molar-refractivity contribution in [2.45, 2.75) is 45.2 Å². The molecular weight excluding hydrogens is 588 g/mol. The normalized spacial score (nSPS) is 12.0. The maximum atomic E-state index is 14.4. The molecule has 2 amide bonds. The average molecular weight is 623 g/mol. The van der Waals surface area contributed by atoms with E-state index in [1.54, 1.807) is 24.3 Å². The second-order valence-electron chi connectivity index (χ2n) is 9.66. The van der Waals surface area contributed by atoms with Crippen LogP contribution >= 0.6 is 23.2 Å². The Morgan fingerprint density at radius 1 is 0.951 bits per heavy atom. The maximum absolute atomic E-state index is 14.4. The molecular formula is C30H34Cl2FN3O4S. The molecule has 0 aliphatic rings. The Kier molecular flexibility index (Phi) is 12.0. The Bertz CT molecular complexity index is 1440. The highest BCUT2D eigenvalue weighted by Crippen LogP contribution is 2.25. The summed E-state index contributed by atoms with van der Waals surface area (Å²) in [5.74, 6) is -1.33. The fraction of sp³-hybridized carbons (Fsp3) is 0.333. The topological polar surface area (TPSA) is 86.8 Å². The monoisotopic (exact) mass is 621 g/mol. The highest BCUT2D eigenvalue weighted by atomic mass is 35.5. The second-order valence-corrected chi connectivity index (χ2v) is 12.4. The number of anilines is 1.